The van der Waals surface area contributed by atoms with Gasteiger partial charge in [0.1, 0.15) is 6.04 Å². The number of nitrogens with one attached hydrogen (secondary N) is 1. The van der Waals surface area contributed by atoms with Gasteiger partial charge in [-0.2, -0.15) is 0 Å². The lowest BCUT2D eigenvalue weighted by atomic mass is 10.1. The van der Waals surface area contributed by atoms with Gasteiger partial charge in [-0.1, -0.05) is 48.0 Å². The number of rotatable bonds is 8. The molecule has 0 fully saturated rings. The van der Waals surface area contributed by atoms with Gasteiger partial charge in [0.25, 0.3) is 0 Å². The number of benzene rings is 2. The standard InChI is InChI=1S/C22H28N2O2S/c1-16(2)23-22(26)18(4)24(14-19-8-6-5-7-9-19)21(25)15-27-20-12-10-17(3)11-13-20/h5-13,16,18H,14-15H2,1-4H3,(H,23,26). The summed E-state index contributed by atoms with van der Waals surface area (Å²) in [6.45, 7) is 8.08. The lowest BCUT2D eigenvalue weighted by molar-refractivity contribution is -0.138. The Bertz CT molecular complexity index is 745. The molecule has 4 nitrogen and oxygen atoms in total. The number of thioether (sulfide) groups is 1. The molecule has 0 spiro atoms. The van der Waals surface area contributed by atoms with E-state index in [9.17, 15) is 9.59 Å². The zero-order valence-electron chi connectivity index (χ0n) is 16.4. The van der Waals surface area contributed by atoms with Crippen LogP contribution in [0.3, 0.4) is 0 Å². The second kappa shape index (κ2) is 10.2. The monoisotopic (exact) mass is 384 g/mol. The van der Waals surface area contributed by atoms with Crippen LogP contribution in [0.2, 0.25) is 0 Å². The van der Waals surface area contributed by atoms with Crippen LogP contribution in [0.15, 0.2) is 59.5 Å². The first kappa shape index (κ1) is 21.0. The van der Waals surface area contributed by atoms with Crippen molar-refractivity contribution in [1.29, 1.82) is 0 Å². The number of aryl methyl sites for hydroxylation is 1. The molecule has 0 aliphatic carbocycles. The molecule has 0 bridgehead atoms. The van der Waals surface area contributed by atoms with E-state index < -0.39 is 6.04 Å². The fourth-order valence-corrected chi connectivity index (χ4v) is 3.41. The highest BCUT2D eigenvalue weighted by Crippen LogP contribution is 2.20. The third kappa shape index (κ3) is 6.75. The predicted octanol–water partition coefficient (Wildman–Crippen LogP) is 4.03. The van der Waals surface area contributed by atoms with Crippen molar-refractivity contribution in [3.8, 4) is 0 Å². The molecule has 1 atom stereocenters. The van der Waals surface area contributed by atoms with Crippen LogP contribution < -0.4 is 5.32 Å². The Balaban J connectivity index is 2.10. The van der Waals surface area contributed by atoms with Gasteiger partial charge in [0.2, 0.25) is 11.8 Å². The first-order chi connectivity index (χ1) is 12.9. The Morgan fingerprint density at radius 2 is 1.63 bits per heavy atom. The zero-order valence-corrected chi connectivity index (χ0v) is 17.3. The largest absolute Gasteiger partial charge is 0.352 e. The van der Waals surface area contributed by atoms with Crippen LogP contribution in [-0.2, 0) is 16.1 Å². The molecular weight excluding hydrogens is 356 g/mol. The van der Waals surface area contributed by atoms with Crippen molar-refractivity contribution >= 4 is 23.6 Å². The molecule has 0 aromatic heterocycles. The van der Waals surface area contributed by atoms with Crippen molar-refractivity contribution in [2.75, 3.05) is 5.75 Å². The third-order valence-corrected chi connectivity index (χ3v) is 5.17. The lowest BCUT2D eigenvalue weighted by Gasteiger charge is -2.29. The molecule has 0 saturated carbocycles. The van der Waals surface area contributed by atoms with E-state index in [0.29, 0.717) is 12.3 Å². The van der Waals surface area contributed by atoms with Gasteiger partial charge in [-0.05, 0) is 45.4 Å². The van der Waals surface area contributed by atoms with Gasteiger partial charge < -0.3 is 10.2 Å². The second-order valence-electron chi connectivity index (χ2n) is 6.95. The van der Waals surface area contributed by atoms with E-state index in [2.05, 4.69) is 5.32 Å². The average molecular weight is 385 g/mol. The maximum absolute atomic E-state index is 12.9. The molecule has 2 aromatic rings. The minimum absolute atomic E-state index is 0.0376. The molecule has 0 aliphatic rings. The van der Waals surface area contributed by atoms with Gasteiger partial charge in [0, 0.05) is 17.5 Å². The number of hydrogen-bond acceptors (Lipinski definition) is 3. The number of hydrogen-bond donors (Lipinski definition) is 1. The molecule has 2 aromatic carbocycles. The van der Waals surface area contributed by atoms with Crippen molar-refractivity contribution in [3.05, 3.63) is 65.7 Å². The Labute approximate surface area is 166 Å². The lowest BCUT2D eigenvalue weighted by Crippen LogP contribution is -2.49. The van der Waals surface area contributed by atoms with Crippen LogP contribution >= 0.6 is 11.8 Å². The number of carbonyl (C=O) groups is 2. The molecule has 1 N–H and O–H groups in total. The van der Waals surface area contributed by atoms with Gasteiger partial charge in [-0.15, -0.1) is 11.8 Å². The van der Waals surface area contributed by atoms with Crippen LogP contribution in [0.5, 0.6) is 0 Å². The normalized spacial score (nSPS) is 11.9. The highest BCUT2D eigenvalue weighted by Gasteiger charge is 2.26. The van der Waals surface area contributed by atoms with E-state index in [0.717, 1.165) is 10.5 Å². The molecule has 2 amide bonds. The first-order valence-electron chi connectivity index (χ1n) is 9.20. The van der Waals surface area contributed by atoms with E-state index >= 15 is 0 Å². The van der Waals surface area contributed by atoms with Crippen molar-refractivity contribution in [1.82, 2.24) is 10.2 Å². The van der Waals surface area contributed by atoms with Gasteiger partial charge in [0.05, 0.1) is 5.75 Å². The summed E-state index contributed by atoms with van der Waals surface area (Å²) in [4.78, 5) is 28.1. The zero-order chi connectivity index (χ0) is 19.8. The average Bonchev–Trinajstić information content (AvgIpc) is 2.65. The number of nitrogens with zero attached hydrogens (tertiary/aromatic N) is 1. The van der Waals surface area contributed by atoms with Crippen LogP contribution in [-0.4, -0.2) is 34.6 Å². The summed E-state index contributed by atoms with van der Waals surface area (Å²) in [6, 6.07) is 17.4. The quantitative estimate of drug-likeness (QED) is 0.699. The molecule has 27 heavy (non-hydrogen) atoms. The van der Waals surface area contributed by atoms with E-state index in [1.807, 2.05) is 75.4 Å². The molecular formula is C22H28N2O2S. The molecule has 0 heterocycles. The van der Waals surface area contributed by atoms with Gasteiger partial charge in [-0.25, -0.2) is 0 Å². The number of carbonyl (C=O) groups excluding carboxylic acids is 2. The van der Waals surface area contributed by atoms with E-state index in [1.165, 1.54) is 17.3 Å². The topological polar surface area (TPSA) is 49.4 Å². The van der Waals surface area contributed by atoms with Gasteiger partial charge in [0.15, 0.2) is 0 Å². The summed E-state index contributed by atoms with van der Waals surface area (Å²) >= 11 is 1.50. The SMILES string of the molecule is Cc1ccc(SCC(=O)N(Cc2ccccc2)C(C)C(=O)NC(C)C)cc1. The van der Waals surface area contributed by atoms with Crippen LogP contribution in [0.1, 0.15) is 31.9 Å². The molecule has 2 rings (SSSR count). The van der Waals surface area contributed by atoms with E-state index in [1.54, 1.807) is 11.8 Å². The first-order valence-corrected chi connectivity index (χ1v) is 10.2. The van der Waals surface area contributed by atoms with E-state index in [-0.39, 0.29) is 17.9 Å². The number of amides is 2. The second-order valence-corrected chi connectivity index (χ2v) is 8.00. The summed E-state index contributed by atoms with van der Waals surface area (Å²) in [7, 11) is 0. The maximum Gasteiger partial charge on any atom is 0.242 e. The van der Waals surface area contributed by atoms with Crippen LogP contribution in [0.25, 0.3) is 0 Å². The minimum atomic E-state index is -0.529. The fraction of sp³-hybridized carbons (Fsp3) is 0.364. The molecule has 0 aliphatic heterocycles. The molecule has 1 unspecified atom stereocenters. The van der Waals surface area contributed by atoms with E-state index in [4.69, 9.17) is 0 Å². The predicted molar refractivity (Wildman–Crippen MR) is 112 cm³/mol. The van der Waals surface area contributed by atoms with Crippen molar-refractivity contribution in [2.24, 2.45) is 0 Å². The van der Waals surface area contributed by atoms with Gasteiger partial charge >= 0.3 is 0 Å². The van der Waals surface area contributed by atoms with Crippen molar-refractivity contribution < 1.29 is 9.59 Å². The summed E-state index contributed by atoms with van der Waals surface area (Å²) in [6.07, 6.45) is 0. The van der Waals surface area contributed by atoms with Crippen molar-refractivity contribution in [3.63, 3.8) is 0 Å². The molecule has 144 valence electrons. The maximum atomic E-state index is 12.9. The Hall–Kier alpha value is -2.27. The Kier molecular flexibility index (Phi) is 7.92. The summed E-state index contributed by atoms with van der Waals surface area (Å²) in [5, 5.41) is 2.90. The van der Waals surface area contributed by atoms with Gasteiger partial charge in [-0.3, -0.25) is 9.59 Å². The highest BCUT2D eigenvalue weighted by atomic mass is 32.2. The summed E-state index contributed by atoms with van der Waals surface area (Å²) in [5.74, 6) is 0.125. The van der Waals surface area contributed by atoms with Crippen molar-refractivity contribution in [2.45, 2.75) is 51.2 Å². The minimum Gasteiger partial charge on any atom is -0.352 e. The Morgan fingerprint density at radius 1 is 1.00 bits per heavy atom. The fourth-order valence-electron chi connectivity index (χ4n) is 2.63. The smallest absolute Gasteiger partial charge is 0.242 e. The molecule has 5 heteroatoms. The molecule has 0 radical (unpaired) electrons. The molecule has 0 saturated heterocycles. The Morgan fingerprint density at radius 3 is 2.22 bits per heavy atom. The van der Waals surface area contributed by atoms with Crippen LogP contribution in [0.4, 0.5) is 0 Å². The third-order valence-electron chi connectivity index (χ3n) is 4.18. The summed E-state index contributed by atoms with van der Waals surface area (Å²) < 4.78 is 0. The van der Waals surface area contributed by atoms with Crippen LogP contribution in [0, 0.1) is 6.92 Å². The highest BCUT2D eigenvalue weighted by molar-refractivity contribution is 8.00. The summed E-state index contributed by atoms with van der Waals surface area (Å²) in [5.41, 5.74) is 2.20.